The number of aliphatic hydroxyl groups excluding tert-OH is 1. The highest BCUT2D eigenvalue weighted by Gasteiger charge is 2.30. The van der Waals surface area contributed by atoms with E-state index in [1.165, 1.54) is 12.1 Å². The zero-order chi connectivity index (χ0) is 23.7. The molecular formula is C22H18Cl2N4O5. The summed E-state index contributed by atoms with van der Waals surface area (Å²) in [4.78, 5) is 40.3. The van der Waals surface area contributed by atoms with Gasteiger partial charge in [-0.1, -0.05) is 23.2 Å². The fourth-order valence-electron chi connectivity index (χ4n) is 3.97. The van der Waals surface area contributed by atoms with Crippen LogP contribution in [0.5, 0.6) is 5.75 Å². The molecule has 1 aromatic carbocycles. The number of rotatable bonds is 4. The van der Waals surface area contributed by atoms with Gasteiger partial charge in [0.2, 0.25) is 17.4 Å². The van der Waals surface area contributed by atoms with Crippen molar-refractivity contribution in [3.63, 3.8) is 0 Å². The van der Waals surface area contributed by atoms with Crippen LogP contribution in [0.25, 0.3) is 0 Å². The molecule has 33 heavy (non-hydrogen) atoms. The molecule has 0 spiro atoms. The van der Waals surface area contributed by atoms with Gasteiger partial charge >= 0.3 is 0 Å². The number of dihydropyridines is 1. The Kier molecular flexibility index (Phi) is 6.61. The molecule has 0 bridgehead atoms. The van der Waals surface area contributed by atoms with Crippen LogP contribution in [0.15, 0.2) is 33.9 Å². The lowest BCUT2D eigenvalue weighted by Gasteiger charge is -2.22. The quantitative estimate of drug-likeness (QED) is 0.647. The second-order valence-corrected chi connectivity index (χ2v) is 8.81. The summed E-state index contributed by atoms with van der Waals surface area (Å²) in [5.41, 5.74) is 0.347. The largest absolute Gasteiger partial charge is 0.436 e. The van der Waals surface area contributed by atoms with E-state index in [9.17, 15) is 19.5 Å². The van der Waals surface area contributed by atoms with E-state index in [-0.39, 0.29) is 51.7 Å². The number of hydrogen-bond acceptors (Lipinski definition) is 8. The van der Waals surface area contributed by atoms with Crippen molar-refractivity contribution in [1.29, 1.82) is 5.26 Å². The molecule has 3 aliphatic rings. The zero-order valence-electron chi connectivity index (χ0n) is 17.3. The lowest BCUT2D eigenvalue weighted by atomic mass is 9.94. The van der Waals surface area contributed by atoms with Gasteiger partial charge in [-0.2, -0.15) is 15.4 Å². The van der Waals surface area contributed by atoms with E-state index in [0.29, 0.717) is 18.4 Å². The molecule has 1 aliphatic carbocycles. The van der Waals surface area contributed by atoms with Gasteiger partial charge in [0.25, 0.3) is 5.91 Å². The SMILES string of the molecule is N#CC1=NN(c2cc(Cl)c(OC3=NCC(=O)C(CC4CCC(O)C4)=C3)c(Cl)c2)C(=O)CC1=O. The zero-order valence-corrected chi connectivity index (χ0v) is 18.8. The van der Waals surface area contributed by atoms with E-state index in [2.05, 4.69) is 10.1 Å². The molecule has 1 fully saturated rings. The minimum Gasteiger partial charge on any atom is -0.436 e. The summed E-state index contributed by atoms with van der Waals surface area (Å²) in [5, 5.41) is 23.5. The third-order valence-corrected chi connectivity index (χ3v) is 6.17. The summed E-state index contributed by atoms with van der Waals surface area (Å²) >= 11 is 12.7. The molecule has 2 aliphatic heterocycles. The molecule has 170 valence electrons. The van der Waals surface area contributed by atoms with Gasteiger partial charge in [0.05, 0.1) is 28.3 Å². The molecule has 1 amide bonds. The van der Waals surface area contributed by atoms with Crippen molar-refractivity contribution in [2.24, 2.45) is 16.0 Å². The molecule has 0 radical (unpaired) electrons. The third kappa shape index (κ3) is 4.98. The van der Waals surface area contributed by atoms with Crippen LogP contribution >= 0.6 is 23.2 Å². The van der Waals surface area contributed by atoms with Crippen molar-refractivity contribution in [3.05, 3.63) is 33.8 Å². The molecule has 1 aromatic rings. The van der Waals surface area contributed by atoms with Crippen molar-refractivity contribution < 1.29 is 24.2 Å². The van der Waals surface area contributed by atoms with E-state index in [0.717, 1.165) is 17.9 Å². The predicted octanol–water partition coefficient (Wildman–Crippen LogP) is 3.02. The standard InChI is InChI=1S/C22H18Cl2N4O5/c23-15-6-13(28-21(32)8-18(30)17(9-25)27-28)7-16(24)22(15)33-20-5-12(19(31)10-26-20)3-11-1-2-14(29)4-11/h5-7,11,14,29H,1-4,8,10H2. The average Bonchev–Trinajstić information content (AvgIpc) is 3.17. The number of ketones is 2. The van der Waals surface area contributed by atoms with Gasteiger partial charge in [-0.3, -0.25) is 14.4 Å². The van der Waals surface area contributed by atoms with Crippen LogP contribution < -0.4 is 9.75 Å². The summed E-state index contributed by atoms with van der Waals surface area (Å²) in [6, 6.07) is 4.39. The van der Waals surface area contributed by atoms with Crippen LogP contribution in [0, 0.1) is 17.2 Å². The summed E-state index contributed by atoms with van der Waals surface area (Å²) in [6.45, 7) is -0.0638. The first-order valence-corrected chi connectivity index (χ1v) is 11.0. The molecular weight excluding hydrogens is 471 g/mol. The molecule has 0 aromatic heterocycles. The van der Waals surface area contributed by atoms with E-state index in [4.69, 9.17) is 33.2 Å². The molecule has 1 N–H and O–H groups in total. The number of hydrogen-bond donors (Lipinski definition) is 1. The lowest BCUT2D eigenvalue weighted by molar-refractivity contribution is -0.124. The first-order chi connectivity index (χ1) is 15.7. The van der Waals surface area contributed by atoms with Gasteiger partial charge in [0, 0.05) is 11.6 Å². The van der Waals surface area contributed by atoms with Gasteiger partial charge in [-0.25, -0.2) is 4.99 Å². The molecule has 2 unspecified atom stereocenters. The van der Waals surface area contributed by atoms with Crippen LogP contribution in [-0.4, -0.2) is 46.8 Å². The Hall–Kier alpha value is -3.06. The molecule has 9 nitrogen and oxygen atoms in total. The van der Waals surface area contributed by atoms with Crippen molar-refractivity contribution in [2.75, 3.05) is 11.6 Å². The minimum atomic E-state index is -0.657. The number of aliphatic imine (C=N–C) groups is 1. The summed E-state index contributed by atoms with van der Waals surface area (Å²) < 4.78 is 5.77. The van der Waals surface area contributed by atoms with E-state index in [1.54, 1.807) is 12.1 Å². The number of halogens is 2. The first kappa shape index (κ1) is 23.1. The Labute approximate surface area is 198 Å². The monoisotopic (exact) mass is 488 g/mol. The number of anilines is 1. The number of carbonyl (C=O) groups excluding carboxylic acids is 3. The van der Waals surface area contributed by atoms with Crippen LogP contribution in [-0.2, 0) is 14.4 Å². The number of amides is 1. The molecule has 0 saturated heterocycles. The highest BCUT2D eigenvalue weighted by atomic mass is 35.5. The number of aliphatic hydroxyl groups is 1. The fraction of sp³-hybridized carbons (Fsp3) is 0.364. The van der Waals surface area contributed by atoms with Crippen LogP contribution in [0.3, 0.4) is 0 Å². The number of nitriles is 1. The van der Waals surface area contributed by atoms with Gasteiger partial charge in [-0.15, -0.1) is 0 Å². The van der Waals surface area contributed by atoms with Crippen molar-refractivity contribution in [1.82, 2.24) is 0 Å². The van der Waals surface area contributed by atoms with Crippen molar-refractivity contribution >= 4 is 58.0 Å². The average molecular weight is 489 g/mol. The predicted molar refractivity (Wildman–Crippen MR) is 121 cm³/mol. The van der Waals surface area contributed by atoms with Crippen LogP contribution in [0.1, 0.15) is 32.1 Å². The summed E-state index contributed by atoms with van der Waals surface area (Å²) in [6.07, 6.45) is 3.52. The maximum Gasteiger partial charge on any atom is 0.255 e. The first-order valence-electron chi connectivity index (χ1n) is 10.2. The van der Waals surface area contributed by atoms with Crippen molar-refractivity contribution in [3.8, 4) is 11.8 Å². The molecule has 11 heteroatoms. The number of ether oxygens (including phenoxy) is 1. The maximum atomic E-state index is 12.3. The van der Waals surface area contributed by atoms with Crippen molar-refractivity contribution in [2.45, 2.75) is 38.2 Å². The summed E-state index contributed by atoms with van der Waals surface area (Å²) in [5.74, 6) is -0.902. The molecule has 1 saturated carbocycles. The topological polar surface area (TPSA) is 132 Å². The Balaban J connectivity index is 1.55. The number of hydrazone groups is 1. The Morgan fingerprint density at radius 1 is 1.18 bits per heavy atom. The van der Waals surface area contributed by atoms with Gasteiger partial charge in [-0.05, 0) is 43.7 Å². The van der Waals surface area contributed by atoms with Gasteiger partial charge in [0.15, 0.2) is 11.5 Å². The second kappa shape index (κ2) is 9.43. The smallest absolute Gasteiger partial charge is 0.255 e. The molecule has 4 rings (SSSR count). The van der Waals surface area contributed by atoms with Crippen LogP contribution in [0.4, 0.5) is 5.69 Å². The number of Topliss-reactive ketones (excluding diaryl/α,β-unsaturated/α-hetero) is 2. The van der Waals surface area contributed by atoms with E-state index >= 15 is 0 Å². The highest BCUT2D eigenvalue weighted by Crippen LogP contribution is 2.39. The molecule has 2 atom stereocenters. The van der Waals surface area contributed by atoms with Crippen LogP contribution in [0.2, 0.25) is 10.0 Å². The van der Waals surface area contributed by atoms with Gasteiger partial charge < -0.3 is 9.84 Å². The van der Waals surface area contributed by atoms with Gasteiger partial charge in [0.1, 0.15) is 12.6 Å². The van der Waals surface area contributed by atoms with E-state index < -0.39 is 23.8 Å². The summed E-state index contributed by atoms with van der Waals surface area (Å²) in [7, 11) is 0. The third-order valence-electron chi connectivity index (χ3n) is 5.61. The van der Waals surface area contributed by atoms with E-state index in [1.807, 2.05) is 0 Å². The normalized spacial score (nSPS) is 23.2. The Bertz CT molecular complexity index is 1160. The maximum absolute atomic E-state index is 12.3. The fourth-order valence-corrected chi connectivity index (χ4v) is 4.52. The number of benzene rings is 1. The number of carbonyl (C=O) groups is 3. The molecule has 2 heterocycles. The minimum absolute atomic E-state index is 0.0457. The lowest BCUT2D eigenvalue weighted by Crippen LogP contribution is -2.36. The highest BCUT2D eigenvalue weighted by molar-refractivity contribution is 6.50. The Morgan fingerprint density at radius 3 is 2.55 bits per heavy atom. The Morgan fingerprint density at radius 2 is 1.91 bits per heavy atom. The second-order valence-electron chi connectivity index (χ2n) is 7.99. The number of nitrogens with zero attached hydrogens (tertiary/aromatic N) is 4.